The van der Waals surface area contributed by atoms with Crippen LogP contribution in [-0.4, -0.2) is 41.2 Å². The highest BCUT2D eigenvalue weighted by molar-refractivity contribution is 6.06. The highest BCUT2D eigenvalue weighted by Crippen LogP contribution is 2.32. The lowest BCUT2D eigenvalue weighted by Crippen LogP contribution is -2.52. The number of fused-ring (bicyclic) bond motifs is 1. The predicted molar refractivity (Wildman–Crippen MR) is 108 cm³/mol. The number of hydrogen-bond donors (Lipinski definition) is 2. The minimum atomic E-state index is -0.698. The van der Waals surface area contributed by atoms with Crippen molar-refractivity contribution in [1.82, 2.24) is 10.2 Å². The number of nitrogens with one attached hydrogen (secondary N) is 2. The third-order valence-electron chi connectivity index (χ3n) is 5.22. The summed E-state index contributed by atoms with van der Waals surface area (Å²) < 4.78 is 5.53. The van der Waals surface area contributed by atoms with Gasteiger partial charge in [-0.3, -0.25) is 24.5 Å². The van der Waals surface area contributed by atoms with Gasteiger partial charge in [-0.05, 0) is 43.2 Å². The molecule has 2 N–H and O–H groups in total. The van der Waals surface area contributed by atoms with Crippen molar-refractivity contribution in [3.63, 3.8) is 0 Å². The second kappa shape index (κ2) is 7.98. The van der Waals surface area contributed by atoms with Crippen LogP contribution in [0.2, 0.25) is 0 Å². The van der Waals surface area contributed by atoms with Gasteiger partial charge < -0.3 is 15.0 Å². The SMILES string of the molecule is Cc1cccc(OCC(=O)Nc2cccc3c2CN(C2CCC(=O)NC2=O)C3=O)c1. The first-order valence-electron chi connectivity index (χ1n) is 9.68. The summed E-state index contributed by atoms with van der Waals surface area (Å²) in [7, 11) is 0. The Labute approximate surface area is 173 Å². The number of hydrogen-bond acceptors (Lipinski definition) is 5. The highest BCUT2D eigenvalue weighted by Gasteiger charge is 2.39. The Kier molecular flexibility index (Phi) is 5.22. The van der Waals surface area contributed by atoms with Crippen molar-refractivity contribution >= 4 is 29.3 Å². The topological polar surface area (TPSA) is 105 Å². The molecule has 4 rings (SSSR count). The maximum absolute atomic E-state index is 12.8. The van der Waals surface area contributed by atoms with Gasteiger partial charge in [-0.1, -0.05) is 18.2 Å². The molecule has 0 aliphatic carbocycles. The maximum Gasteiger partial charge on any atom is 0.262 e. The molecule has 0 saturated carbocycles. The van der Waals surface area contributed by atoms with Gasteiger partial charge in [-0.2, -0.15) is 0 Å². The van der Waals surface area contributed by atoms with E-state index in [9.17, 15) is 19.2 Å². The van der Waals surface area contributed by atoms with E-state index in [-0.39, 0.29) is 43.7 Å². The maximum atomic E-state index is 12.8. The van der Waals surface area contributed by atoms with Crippen LogP contribution in [0.3, 0.4) is 0 Å². The zero-order valence-electron chi connectivity index (χ0n) is 16.4. The number of benzene rings is 2. The summed E-state index contributed by atoms with van der Waals surface area (Å²) in [4.78, 5) is 50.2. The number of aryl methyl sites for hydroxylation is 1. The fourth-order valence-electron chi connectivity index (χ4n) is 3.74. The van der Waals surface area contributed by atoms with Crippen LogP contribution in [0.5, 0.6) is 5.75 Å². The number of ether oxygens (including phenoxy) is 1. The summed E-state index contributed by atoms with van der Waals surface area (Å²) in [5.74, 6) is -0.836. The van der Waals surface area contributed by atoms with E-state index >= 15 is 0 Å². The Balaban J connectivity index is 1.45. The van der Waals surface area contributed by atoms with E-state index in [0.717, 1.165) is 5.56 Å². The van der Waals surface area contributed by atoms with Crippen LogP contribution < -0.4 is 15.4 Å². The molecule has 8 nitrogen and oxygen atoms in total. The van der Waals surface area contributed by atoms with E-state index in [1.807, 2.05) is 25.1 Å². The van der Waals surface area contributed by atoms with Gasteiger partial charge in [0.25, 0.3) is 11.8 Å². The molecule has 154 valence electrons. The molecule has 0 bridgehead atoms. The van der Waals surface area contributed by atoms with Crippen molar-refractivity contribution < 1.29 is 23.9 Å². The lowest BCUT2D eigenvalue weighted by Gasteiger charge is -2.29. The highest BCUT2D eigenvalue weighted by atomic mass is 16.5. The van der Waals surface area contributed by atoms with Crippen molar-refractivity contribution in [2.45, 2.75) is 32.4 Å². The number of rotatable bonds is 5. The van der Waals surface area contributed by atoms with E-state index in [2.05, 4.69) is 10.6 Å². The molecule has 8 heteroatoms. The largest absolute Gasteiger partial charge is 0.484 e. The number of imide groups is 1. The Bertz CT molecular complexity index is 1050. The van der Waals surface area contributed by atoms with Crippen molar-refractivity contribution in [3.05, 3.63) is 59.2 Å². The van der Waals surface area contributed by atoms with Gasteiger partial charge in [0, 0.05) is 29.8 Å². The summed E-state index contributed by atoms with van der Waals surface area (Å²) in [6.07, 6.45) is 0.479. The normalized spacial score (nSPS) is 18.1. The lowest BCUT2D eigenvalue weighted by molar-refractivity contribution is -0.137. The molecule has 1 fully saturated rings. The Morgan fingerprint density at radius 3 is 2.77 bits per heavy atom. The van der Waals surface area contributed by atoms with Gasteiger partial charge >= 0.3 is 0 Å². The van der Waals surface area contributed by atoms with Crippen LogP contribution in [0.4, 0.5) is 5.69 Å². The van der Waals surface area contributed by atoms with Gasteiger partial charge in [0.1, 0.15) is 11.8 Å². The van der Waals surface area contributed by atoms with Gasteiger partial charge in [0.15, 0.2) is 6.61 Å². The molecule has 0 radical (unpaired) electrons. The molecule has 0 aromatic heterocycles. The van der Waals surface area contributed by atoms with Crippen LogP contribution in [0, 0.1) is 6.92 Å². The first-order chi connectivity index (χ1) is 14.4. The van der Waals surface area contributed by atoms with Crippen molar-refractivity contribution in [3.8, 4) is 5.75 Å². The molecule has 2 aliphatic rings. The minimum absolute atomic E-state index is 0.169. The number of carbonyl (C=O) groups excluding carboxylic acids is 4. The smallest absolute Gasteiger partial charge is 0.262 e. The number of piperidine rings is 1. The molecule has 2 aromatic carbocycles. The first kappa shape index (κ1) is 19.6. The monoisotopic (exact) mass is 407 g/mol. The third-order valence-corrected chi connectivity index (χ3v) is 5.22. The number of anilines is 1. The van der Waals surface area contributed by atoms with Gasteiger partial charge in [-0.15, -0.1) is 0 Å². The lowest BCUT2D eigenvalue weighted by atomic mass is 10.0. The fraction of sp³-hybridized carbons (Fsp3) is 0.273. The zero-order chi connectivity index (χ0) is 21.3. The fourth-order valence-corrected chi connectivity index (χ4v) is 3.74. The van der Waals surface area contributed by atoms with Crippen molar-refractivity contribution in [1.29, 1.82) is 0 Å². The van der Waals surface area contributed by atoms with Gasteiger partial charge in [-0.25, -0.2) is 0 Å². The van der Waals surface area contributed by atoms with Crippen molar-refractivity contribution in [2.75, 3.05) is 11.9 Å². The van der Waals surface area contributed by atoms with E-state index < -0.39 is 11.9 Å². The molecule has 1 unspecified atom stereocenters. The molecule has 2 aromatic rings. The summed E-state index contributed by atoms with van der Waals surface area (Å²) in [6.45, 7) is 1.96. The van der Waals surface area contributed by atoms with Crippen LogP contribution in [0.1, 0.15) is 34.3 Å². The number of nitrogens with zero attached hydrogens (tertiary/aromatic N) is 1. The van der Waals surface area contributed by atoms with Crippen LogP contribution in [0.15, 0.2) is 42.5 Å². The second-order valence-corrected chi connectivity index (χ2v) is 7.38. The Morgan fingerprint density at radius 2 is 2.00 bits per heavy atom. The third kappa shape index (κ3) is 3.89. The number of carbonyl (C=O) groups is 4. The average molecular weight is 407 g/mol. The van der Waals surface area contributed by atoms with Gasteiger partial charge in [0.2, 0.25) is 11.8 Å². The van der Waals surface area contributed by atoms with Crippen LogP contribution >= 0.6 is 0 Å². The summed E-state index contributed by atoms with van der Waals surface area (Å²) in [5.41, 5.74) is 2.63. The quantitative estimate of drug-likeness (QED) is 0.735. The molecule has 1 saturated heterocycles. The standard InChI is InChI=1S/C22H21N3O5/c1-13-4-2-5-14(10-13)30-12-20(27)23-17-7-3-6-15-16(17)11-25(22(15)29)18-8-9-19(26)24-21(18)28/h2-7,10,18H,8-9,11-12H2,1H3,(H,23,27)(H,24,26,28). The van der Waals surface area contributed by atoms with E-state index in [1.54, 1.807) is 24.3 Å². The van der Waals surface area contributed by atoms with Crippen molar-refractivity contribution in [2.24, 2.45) is 0 Å². The summed E-state index contributed by atoms with van der Waals surface area (Å²) in [5, 5.41) is 5.07. The molecule has 2 aliphatic heterocycles. The predicted octanol–water partition coefficient (Wildman–Crippen LogP) is 1.77. The molecule has 4 amide bonds. The molecular weight excluding hydrogens is 386 g/mol. The Hall–Kier alpha value is -3.68. The molecule has 30 heavy (non-hydrogen) atoms. The van der Waals surface area contributed by atoms with E-state index in [1.165, 1.54) is 4.90 Å². The molecular formula is C22H21N3O5. The molecule has 0 spiro atoms. The summed E-state index contributed by atoms with van der Waals surface area (Å²) in [6, 6.07) is 11.8. The Morgan fingerprint density at radius 1 is 1.20 bits per heavy atom. The molecule has 2 heterocycles. The number of amides is 4. The van der Waals surface area contributed by atoms with E-state index in [4.69, 9.17) is 4.74 Å². The summed E-state index contributed by atoms with van der Waals surface area (Å²) >= 11 is 0. The minimum Gasteiger partial charge on any atom is -0.484 e. The van der Waals surface area contributed by atoms with Crippen LogP contribution in [-0.2, 0) is 20.9 Å². The first-order valence-corrected chi connectivity index (χ1v) is 9.68. The van der Waals surface area contributed by atoms with Crippen LogP contribution in [0.25, 0.3) is 0 Å². The van der Waals surface area contributed by atoms with Gasteiger partial charge in [0.05, 0.1) is 0 Å². The molecule has 1 atom stereocenters. The second-order valence-electron chi connectivity index (χ2n) is 7.38. The van der Waals surface area contributed by atoms with E-state index in [0.29, 0.717) is 22.6 Å². The average Bonchev–Trinajstić information content (AvgIpc) is 3.04. The zero-order valence-corrected chi connectivity index (χ0v) is 16.4.